The lowest BCUT2D eigenvalue weighted by atomic mass is 10.0. The summed E-state index contributed by atoms with van der Waals surface area (Å²) in [5, 5.41) is 5.76. The van der Waals surface area contributed by atoms with Gasteiger partial charge in [-0.2, -0.15) is 0 Å². The van der Waals surface area contributed by atoms with Crippen molar-refractivity contribution in [2.75, 3.05) is 0 Å². The fourth-order valence-corrected chi connectivity index (χ4v) is 4.56. The molecular formula is C29H26N4O. The van der Waals surface area contributed by atoms with Gasteiger partial charge in [0.15, 0.2) is 0 Å². The van der Waals surface area contributed by atoms with Crippen molar-refractivity contribution in [2.45, 2.75) is 32.3 Å². The maximum atomic E-state index is 6.21. The van der Waals surface area contributed by atoms with Gasteiger partial charge < -0.3 is 4.74 Å². The molecule has 5 nitrogen and oxygen atoms in total. The molecule has 0 radical (unpaired) electrons. The maximum absolute atomic E-state index is 6.21. The van der Waals surface area contributed by atoms with E-state index >= 15 is 0 Å². The van der Waals surface area contributed by atoms with E-state index in [0.717, 1.165) is 27.9 Å². The molecule has 3 heterocycles. The van der Waals surface area contributed by atoms with Crippen LogP contribution in [-0.4, -0.2) is 19.7 Å². The molecule has 0 atom stereocenters. The molecule has 0 unspecified atom stereocenters. The number of aryl methyl sites for hydroxylation is 2. The van der Waals surface area contributed by atoms with E-state index in [9.17, 15) is 0 Å². The predicted molar refractivity (Wildman–Crippen MR) is 135 cm³/mol. The fraction of sp³-hybridized carbons (Fsp3) is 0.207. The van der Waals surface area contributed by atoms with Crippen LogP contribution in [0.1, 0.15) is 35.4 Å². The first-order valence-electron chi connectivity index (χ1n) is 11.7. The normalized spacial score (nSPS) is 13.4. The molecule has 5 heteroatoms. The molecule has 3 aromatic heterocycles. The van der Waals surface area contributed by atoms with E-state index in [1.54, 1.807) is 0 Å². The predicted octanol–water partition coefficient (Wildman–Crippen LogP) is 6.46. The molecule has 6 rings (SSSR count). The summed E-state index contributed by atoms with van der Waals surface area (Å²) in [4.78, 5) is 9.24. The van der Waals surface area contributed by atoms with Crippen molar-refractivity contribution in [3.8, 4) is 28.3 Å². The summed E-state index contributed by atoms with van der Waals surface area (Å²) in [7, 11) is 1.93. The third-order valence-corrected chi connectivity index (χ3v) is 6.47. The first kappa shape index (κ1) is 20.6. The van der Waals surface area contributed by atoms with Crippen LogP contribution in [0.25, 0.3) is 33.3 Å². The molecule has 34 heavy (non-hydrogen) atoms. The summed E-state index contributed by atoms with van der Waals surface area (Å²) in [6, 6.07) is 21.0. The molecule has 0 spiro atoms. The molecule has 2 aromatic carbocycles. The molecule has 0 bridgehead atoms. The van der Waals surface area contributed by atoms with Crippen molar-refractivity contribution in [1.82, 2.24) is 19.7 Å². The van der Waals surface area contributed by atoms with Crippen LogP contribution in [0.3, 0.4) is 0 Å². The van der Waals surface area contributed by atoms with Crippen molar-refractivity contribution in [1.29, 1.82) is 0 Å². The minimum atomic E-state index is 0.457. The lowest BCUT2D eigenvalue weighted by molar-refractivity contribution is 0.292. The second-order valence-corrected chi connectivity index (χ2v) is 9.09. The number of para-hydroxylation sites is 1. The zero-order valence-electron chi connectivity index (χ0n) is 19.4. The van der Waals surface area contributed by atoms with Crippen molar-refractivity contribution in [3.63, 3.8) is 0 Å². The van der Waals surface area contributed by atoms with Crippen LogP contribution < -0.4 is 4.74 Å². The van der Waals surface area contributed by atoms with Crippen LogP contribution in [0, 0.1) is 6.92 Å². The van der Waals surface area contributed by atoms with E-state index in [4.69, 9.17) is 9.72 Å². The van der Waals surface area contributed by atoms with Crippen LogP contribution in [-0.2, 0) is 13.7 Å². The van der Waals surface area contributed by atoms with E-state index in [2.05, 4.69) is 65.5 Å². The van der Waals surface area contributed by atoms with Gasteiger partial charge in [0.1, 0.15) is 6.61 Å². The van der Waals surface area contributed by atoms with Crippen LogP contribution >= 0.6 is 0 Å². The highest BCUT2D eigenvalue weighted by molar-refractivity contribution is 5.83. The Morgan fingerprint density at radius 3 is 2.65 bits per heavy atom. The molecule has 1 fully saturated rings. The number of aromatic nitrogens is 4. The molecule has 1 saturated carbocycles. The average molecular weight is 447 g/mol. The average Bonchev–Trinajstić information content (AvgIpc) is 3.64. The van der Waals surface area contributed by atoms with Crippen LogP contribution in [0.15, 0.2) is 79.3 Å². The van der Waals surface area contributed by atoms with Gasteiger partial charge in [0.05, 0.1) is 16.8 Å². The van der Waals surface area contributed by atoms with Crippen molar-refractivity contribution in [3.05, 3.63) is 95.9 Å². The third kappa shape index (κ3) is 3.94. The highest BCUT2D eigenvalue weighted by Gasteiger charge is 2.28. The van der Waals surface area contributed by atoms with Gasteiger partial charge in [0.2, 0.25) is 5.88 Å². The number of pyridine rings is 2. The van der Waals surface area contributed by atoms with E-state index < -0.39 is 0 Å². The van der Waals surface area contributed by atoms with Gasteiger partial charge in [-0.1, -0.05) is 42.5 Å². The zero-order valence-corrected chi connectivity index (χ0v) is 19.4. The topological polar surface area (TPSA) is 52.8 Å². The minimum Gasteiger partial charge on any atom is -0.471 e. The minimum absolute atomic E-state index is 0.457. The van der Waals surface area contributed by atoms with Crippen molar-refractivity contribution >= 4 is 10.9 Å². The number of fused-ring (bicyclic) bond motifs is 1. The molecule has 0 saturated heterocycles. The number of hydrogen-bond acceptors (Lipinski definition) is 4. The summed E-state index contributed by atoms with van der Waals surface area (Å²) in [6.07, 6.45) is 8.33. The van der Waals surface area contributed by atoms with Gasteiger partial charge in [-0.05, 0) is 66.1 Å². The van der Waals surface area contributed by atoms with Crippen LogP contribution in [0.5, 0.6) is 5.88 Å². The Hall–Kier alpha value is -3.99. The van der Waals surface area contributed by atoms with Crippen LogP contribution in [0.4, 0.5) is 0 Å². The van der Waals surface area contributed by atoms with Gasteiger partial charge in [-0.3, -0.25) is 9.67 Å². The summed E-state index contributed by atoms with van der Waals surface area (Å²) < 4.78 is 8.03. The monoisotopic (exact) mass is 446 g/mol. The first-order valence-corrected chi connectivity index (χ1v) is 11.7. The smallest absolute Gasteiger partial charge is 0.241 e. The van der Waals surface area contributed by atoms with Crippen molar-refractivity contribution in [2.24, 2.45) is 7.05 Å². The maximum Gasteiger partial charge on any atom is 0.241 e. The molecule has 1 aliphatic rings. The summed E-state index contributed by atoms with van der Waals surface area (Å²) in [6.45, 7) is 2.57. The molecule has 5 aromatic rings. The molecule has 0 amide bonds. The van der Waals surface area contributed by atoms with E-state index in [0.29, 0.717) is 18.4 Å². The molecule has 0 aliphatic heterocycles. The standard InChI is InChI=1S/C29H26N4O/c1-19-15-23-5-3-4-6-27(23)31-28(19)22-9-7-20(8-10-22)18-34-29-26(17-33(2)32-29)24-13-14-30-16-25(24)21-11-12-21/h3-10,13-17,21H,11-12,18H2,1-2H3. The second kappa shape index (κ2) is 8.41. The Balaban J connectivity index is 1.23. The number of benzene rings is 2. The van der Waals surface area contributed by atoms with Gasteiger partial charge in [0.25, 0.3) is 0 Å². The number of hydrogen-bond donors (Lipinski definition) is 0. The lowest BCUT2D eigenvalue weighted by Gasteiger charge is -2.10. The summed E-state index contributed by atoms with van der Waals surface area (Å²) in [5.74, 6) is 1.27. The second-order valence-electron chi connectivity index (χ2n) is 9.09. The fourth-order valence-electron chi connectivity index (χ4n) is 4.56. The zero-order chi connectivity index (χ0) is 23.1. The molecule has 168 valence electrons. The highest BCUT2D eigenvalue weighted by Crippen LogP contribution is 2.45. The summed E-state index contributed by atoms with van der Waals surface area (Å²) in [5.41, 5.74) is 8.90. The van der Waals surface area contributed by atoms with Gasteiger partial charge in [-0.25, -0.2) is 4.98 Å². The molecular weight excluding hydrogens is 420 g/mol. The quantitative estimate of drug-likeness (QED) is 0.300. The number of ether oxygens (including phenoxy) is 1. The van der Waals surface area contributed by atoms with E-state index in [1.165, 1.54) is 34.9 Å². The van der Waals surface area contributed by atoms with E-state index in [1.807, 2.05) is 42.5 Å². The Labute approximate surface area is 199 Å². The van der Waals surface area contributed by atoms with E-state index in [-0.39, 0.29) is 0 Å². The number of rotatable bonds is 6. The summed E-state index contributed by atoms with van der Waals surface area (Å²) >= 11 is 0. The highest BCUT2D eigenvalue weighted by atomic mass is 16.5. The molecule has 0 N–H and O–H groups in total. The lowest BCUT2D eigenvalue weighted by Crippen LogP contribution is -1.99. The Bertz CT molecular complexity index is 1480. The van der Waals surface area contributed by atoms with Gasteiger partial charge in [-0.15, -0.1) is 5.10 Å². The SMILES string of the molecule is Cc1cc2ccccc2nc1-c1ccc(COc2nn(C)cc2-c2ccncc2C2CC2)cc1. The van der Waals surface area contributed by atoms with Crippen molar-refractivity contribution < 1.29 is 4.74 Å². The first-order chi connectivity index (χ1) is 16.7. The largest absolute Gasteiger partial charge is 0.471 e. The molecule has 1 aliphatic carbocycles. The van der Waals surface area contributed by atoms with Gasteiger partial charge >= 0.3 is 0 Å². The Morgan fingerprint density at radius 1 is 1.00 bits per heavy atom. The van der Waals surface area contributed by atoms with Crippen LogP contribution in [0.2, 0.25) is 0 Å². The van der Waals surface area contributed by atoms with Gasteiger partial charge in [0, 0.05) is 36.6 Å². The Kier molecular flexibility index (Phi) is 5.10. The number of nitrogens with zero attached hydrogens (tertiary/aromatic N) is 4. The Morgan fingerprint density at radius 2 is 1.82 bits per heavy atom. The third-order valence-electron chi connectivity index (χ3n) is 6.47.